The lowest BCUT2D eigenvalue weighted by atomic mass is 10.0. The molecule has 5 aromatic rings. The summed E-state index contributed by atoms with van der Waals surface area (Å²) in [4.78, 5) is 23.4. The van der Waals surface area contributed by atoms with Gasteiger partial charge in [-0.15, -0.1) is 0 Å². The van der Waals surface area contributed by atoms with Crippen LogP contribution in [0.15, 0.2) is 54.6 Å². The number of rotatable bonds is 4. The van der Waals surface area contributed by atoms with Crippen molar-refractivity contribution in [2.75, 3.05) is 25.3 Å². The van der Waals surface area contributed by atoms with E-state index in [1.807, 2.05) is 24.3 Å². The van der Waals surface area contributed by atoms with Gasteiger partial charge in [-0.1, -0.05) is 40.9 Å². The summed E-state index contributed by atoms with van der Waals surface area (Å²) in [5, 5.41) is 3.51. The summed E-state index contributed by atoms with van der Waals surface area (Å²) in [6.45, 7) is 0. The van der Waals surface area contributed by atoms with Crippen LogP contribution in [0, 0.1) is 11.6 Å². The summed E-state index contributed by atoms with van der Waals surface area (Å²) < 4.78 is 38.3. The Morgan fingerprint density at radius 2 is 1.34 bits per heavy atom. The lowest BCUT2D eigenvalue weighted by Gasteiger charge is -2.08. The summed E-state index contributed by atoms with van der Waals surface area (Å²) in [6.07, 6.45) is 5.89. The molecule has 3 N–H and O–H groups in total. The molecule has 0 radical (unpaired) electrons. The number of carbonyl (C=O) groups is 1. The number of anilines is 2. The Balaban J connectivity index is 0.000000173. The fourth-order valence-electron chi connectivity index (χ4n) is 5.53. The van der Waals surface area contributed by atoms with Crippen molar-refractivity contribution >= 4 is 38.8 Å². The van der Waals surface area contributed by atoms with Gasteiger partial charge in [0.1, 0.15) is 28.7 Å². The summed E-state index contributed by atoms with van der Waals surface area (Å²) in [6, 6.07) is 15.5. The van der Waals surface area contributed by atoms with E-state index >= 15 is 0 Å². The Kier molecular flexibility index (Phi) is 8.58. The van der Waals surface area contributed by atoms with Crippen molar-refractivity contribution in [3.63, 3.8) is 0 Å². The lowest BCUT2D eigenvalue weighted by molar-refractivity contribution is 0.101. The molecule has 0 unspecified atom stereocenters. The van der Waals surface area contributed by atoms with E-state index < -0.39 is 23.1 Å². The first kappa shape index (κ1) is 29.7. The predicted octanol–water partition coefficient (Wildman–Crippen LogP) is 7.73. The van der Waals surface area contributed by atoms with Gasteiger partial charge in [-0.05, 0) is 86.1 Å². The van der Waals surface area contributed by atoms with Crippen molar-refractivity contribution in [1.82, 2.24) is 9.97 Å². The number of nitrogens with zero attached hydrogens (tertiary/aromatic N) is 2. The quantitative estimate of drug-likeness (QED) is 0.210. The number of hydrogen-bond acceptors (Lipinski definition) is 8. The number of carbonyl (C=O) groups excluding carboxylic acids is 1. The van der Waals surface area contributed by atoms with Crippen LogP contribution in [-0.2, 0) is 25.7 Å². The molecule has 2 aliphatic carbocycles. The Labute approximate surface area is 261 Å². The van der Waals surface area contributed by atoms with Crippen molar-refractivity contribution in [2.24, 2.45) is 0 Å². The molecule has 0 saturated carbocycles. The van der Waals surface area contributed by atoms with Crippen molar-refractivity contribution in [3.8, 4) is 32.4 Å². The minimum atomic E-state index is -0.902. The molecule has 2 aromatic heterocycles. The Bertz CT molecular complexity index is 1830. The zero-order chi connectivity index (χ0) is 30.8. The normalized spacial score (nSPS) is 13.1. The van der Waals surface area contributed by atoms with Crippen molar-refractivity contribution in [1.29, 1.82) is 0 Å². The molecule has 2 heterocycles. The molecule has 0 spiro atoms. The first-order valence-electron chi connectivity index (χ1n) is 14.2. The second-order valence-electron chi connectivity index (χ2n) is 10.4. The highest BCUT2D eigenvalue weighted by Crippen LogP contribution is 2.41. The summed E-state index contributed by atoms with van der Waals surface area (Å²) in [5.74, 6) is -1.01. The molecule has 2 aliphatic rings. The highest BCUT2D eigenvalue weighted by atomic mass is 32.1. The molecular weight excluding hydrogens is 603 g/mol. The average Bonchev–Trinajstić information content (AvgIpc) is 3.49. The van der Waals surface area contributed by atoms with E-state index in [2.05, 4.69) is 27.4 Å². The molecule has 44 heavy (non-hydrogen) atoms. The molecule has 7 nitrogen and oxygen atoms in total. The standard InChI is InChI=1S/C20H16F2N2O2S.C13H14N2OS/c1-26-12-9-8-11-4-2-7-16-18(13(11)10-12)27-20(23-16)24-19(25)17-14(21)5-3-6-15(17)22;1-16-9-6-5-8-3-2-4-11-12(10(8)7-9)17-13(14)15-11/h3,5-6,8-10H,2,4,7H2,1H3,(H,23,24,25);5-7H,2-4H2,1H3,(H2,14,15). The molecular formula is C33H30F2N4O3S2. The van der Waals surface area contributed by atoms with Gasteiger partial charge in [0.2, 0.25) is 0 Å². The van der Waals surface area contributed by atoms with Crippen LogP contribution in [-0.4, -0.2) is 30.1 Å². The van der Waals surface area contributed by atoms with E-state index in [-0.39, 0.29) is 0 Å². The number of nitrogens with one attached hydrogen (secondary N) is 1. The molecule has 0 fully saturated rings. The van der Waals surface area contributed by atoms with E-state index in [1.165, 1.54) is 39.0 Å². The molecule has 11 heteroatoms. The third kappa shape index (κ3) is 6.02. The molecule has 1 amide bonds. The molecule has 226 valence electrons. The van der Waals surface area contributed by atoms with Crippen LogP contribution in [0.2, 0.25) is 0 Å². The zero-order valence-electron chi connectivity index (χ0n) is 24.2. The van der Waals surface area contributed by atoms with Gasteiger partial charge in [-0.2, -0.15) is 0 Å². The molecule has 0 aliphatic heterocycles. The van der Waals surface area contributed by atoms with Crippen LogP contribution in [0.3, 0.4) is 0 Å². The maximum atomic E-state index is 13.8. The van der Waals surface area contributed by atoms with E-state index in [4.69, 9.17) is 15.2 Å². The van der Waals surface area contributed by atoms with Gasteiger partial charge in [0, 0.05) is 11.1 Å². The maximum absolute atomic E-state index is 13.8. The third-order valence-corrected chi connectivity index (χ3v) is 9.67. The van der Waals surface area contributed by atoms with Gasteiger partial charge in [0.05, 0.1) is 35.4 Å². The number of aryl methyl sites for hydroxylation is 4. The van der Waals surface area contributed by atoms with Crippen LogP contribution >= 0.6 is 22.7 Å². The summed E-state index contributed by atoms with van der Waals surface area (Å²) in [7, 11) is 3.31. The van der Waals surface area contributed by atoms with E-state index in [9.17, 15) is 13.6 Å². The number of thiazole rings is 2. The number of nitrogens with two attached hydrogens (primary N) is 1. The van der Waals surface area contributed by atoms with Crippen LogP contribution in [0.25, 0.3) is 20.9 Å². The van der Waals surface area contributed by atoms with E-state index in [0.29, 0.717) is 10.3 Å². The largest absolute Gasteiger partial charge is 0.497 e. The second-order valence-corrected chi connectivity index (χ2v) is 12.5. The number of aromatic nitrogens is 2. The maximum Gasteiger partial charge on any atom is 0.263 e. The minimum Gasteiger partial charge on any atom is -0.497 e. The monoisotopic (exact) mass is 632 g/mol. The molecule has 3 aromatic carbocycles. The SMILES string of the molecule is COc1ccc2c(c1)-c1sc(N)nc1CCC2.COc1ccc2c(c1)-c1sc(NC(=O)c3c(F)cccc3F)nc1CCC2. The predicted molar refractivity (Wildman–Crippen MR) is 171 cm³/mol. The lowest BCUT2D eigenvalue weighted by Crippen LogP contribution is -2.15. The first-order chi connectivity index (χ1) is 21.3. The third-order valence-electron chi connectivity index (χ3n) is 7.66. The highest BCUT2D eigenvalue weighted by Gasteiger charge is 2.23. The number of nitrogen functional groups attached to an aromatic ring is 1. The second kappa shape index (κ2) is 12.7. The minimum absolute atomic E-state index is 0.323. The average molecular weight is 633 g/mol. The van der Waals surface area contributed by atoms with Crippen molar-refractivity contribution in [3.05, 3.63) is 94.3 Å². The Hall–Kier alpha value is -4.35. The number of hydrogen-bond donors (Lipinski definition) is 2. The van der Waals surface area contributed by atoms with Crippen molar-refractivity contribution < 1.29 is 23.0 Å². The molecule has 0 saturated heterocycles. The van der Waals surface area contributed by atoms with Crippen LogP contribution in [0.5, 0.6) is 11.5 Å². The fraction of sp³-hybridized carbons (Fsp3) is 0.242. The number of halogens is 2. The smallest absolute Gasteiger partial charge is 0.263 e. The van der Waals surface area contributed by atoms with Gasteiger partial charge in [-0.3, -0.25) is 10.1 Å². The highest BCUT2D eigenvalue weighted by molar-refractivity contribution is 7.19. The number of benzene rings is 3. The molecule has 0 atom stereocenters. The van der Waals surface area contributed by atoms with Crippen LogP contribution in [0.1, 0.15) is 45.7 Å². The fourth-order valence-corrected chi connectivity index (χ4v) is 7.51. The van der Waals surface area contributed by atoms with E-state index in [1.54, 1.807) is 25.6 Å². The molecule has 7 rings (SSSR count). The van der Waals surface area contributed by atoms with E-state index in [0.717, 1.165) is 84.0 Å². The summed E-state index contributed by atoms with van der Waals surface area (Å²) in [5.41, 5.74) is 12.0. The van der Waals surface area contributed by atoms with Crippen LogP contribution < -0.4 is 20.5 Å². The first-order valence-corrected chi connectivity index (χ1v) is 15.8. The number of ether oxygens (including phenoxy) is 2. The van der Waals surface area contributed by atoms with Gasteiger partial charge in [0.15, 0.2) is 10.3 Å². The number of amides is 1. The molecule has 0 bridgehead atoms. The van der Waals surface area contributed by atoms with Gasteiger partial charge >= 0.3 is 0 Å². The van der Waals surface area contributed by atoms with Crippen molar-refractivity contribution in [2.45, 2.75) is 38.5 Å². The number of fused-ring (bicyclic) bond motifs is 6. The van der Waals surface area contributed by atoms with Crippen LogP contribution in [0.4, 0.5) is 19.0 Å². The summed E-state index contributed by atoms with van der Waals surface area (Å²) >= 11 is 2.88. The Morgan fingerprint density at radius 3 is 1.91 bits per heavy atom. The van der Waals surface area contributed by atoms with Gasteiger partial charge < -0.3 is 15.2 Å². The zero-order valence-corrected chi connectivity index (χ0v) is 25.8. The van der Waals surface area contributed by atoms with Gasteiger partial charge in [-0.25, -0.2) is 18.7 Å². The topological polar surface area (TPSA) is 99.4 Å². The Morgan fingerprint density at radius 1 is 0.795 bits per heavy atom. The van der Waals surface area contributed by atoms with Gasteiger partial charge in [0.25, 0.3) is 5.91 Å². The number of methoxy groups -OCH3 is 2.